The molecule has 1 heterocycles. The lowest BCUT2D eigenvalue weighted by Crippen LogP contribution is -2.33. The molecule has 40 heavy (non-hydrogen) atoms. The van der Waals surface area contributed by atoms with Gasteiger partial charge in [0, 0.05) is 24.5 Å². The Morgan fingerprint density at radius 1 is 0.900 bits per heavy atom. The Bertz CT molecular complexity index is 1360. The van der Waals surface area contributed by atoms with E-state index in [0.717, 1.165) is 48.9 Å². The lowest BCUT2D eigenvalue weighted by atomic mass is 10.1. The van der Waals surface area contributed by atoms with E-state index in [1.54, 1.807) is 14.2 Å². The van der Waals surface area contributed by atoms with Crippen molar-refractivity contribution in [3.63, 3.8) is 0 Å². The van der Waals surface area contributed by atoms with Crippen LogP contribution in [0.1, 0.15) is 51.1 Å². The van der Waals surface area contributed by atoms with E-state index < -0.39 is 0 Å². The molecule has 4 aromatic rings. The van der Waals surface area contributed by atoms with Gasteiger partial charge >= 0.3 is 0 Å². The van der Waals surface area contributed by atoms with E-state index in [9.17, 15) is 4.79 Å². The summed E-state index contributed by atoms with van der Waals surface area (Å²) >= 11 is 1.54. The highest BCUT2D eigenvalue weighted by atomic mass is 32.1. The van der Waals surface area contributed by atoms with Crippen LogP contribution >= 0.6 is 11.3 Å². The third-order valence-corrected chi connectivity index (χ3v) is 7.75. The van der Waals surface area contributed by atoms with Crippen LogP contribution in [0.5, 0.6) is 11.5 Å². The molecule has 0 fully saturated rings. The second kappa shape index (κ2) is 14.6. The van der Waals surface area contributed by atoms with Crippen LogP contribution in [0.4, 0.5) is 0 Å². The number of rotatable bonds is 14. The maximum atomic E-state index is 12.9. The first-order chi connectivity index (χ1) is 19.4. The van der Waals surface area contributed by atoms with Gasteiger partial charge in [0.15, 0.2) is 11.5 Å². The van der Waals surface area contributed by atoms with Crippen molar-refractivity contribution in [2.24, 2.45) is 0 Å². The minimum Gasteiger partial charge on any atom is -0.493 e. The highest BCUT2D eigenvalue weighted by Gasteiger charge is 2.16. The lowest BCUT2D eigenvalue weighted by molar-refractivity contribution is 0.0933. The molecule has 1 amide bonds. The smallest absolute Gasteiger partial charge is 0.270 e. The molecule has 1 N–H and O–H groups in total. The molecule has 0 aliphatic heterocycles. The molecule has 0 unspecified atom stereocenters. The van der Waals surface area contributed by atoms with Crippen LogP contribution in [0.3, 0.4) is 0 Å². The van der Waals surface area contributed by atoms with Crippen LogP contribution in [0, 0.1) is 6.92 Å². The van der Waals surface area contributed by atoms with Gasteiger partial charge in [-0.05, 0) is 61.9 Å². The molecule has 0 radical (unpaired) electrons. The standard InChI is InChI=1S/C33H39N3O3S/c1-24-10-13-28(14-11-24)21-36(19-18-27-16-17-30(38-3)31(20-27)39-4)22-32-35-29(23-40-32)33(37)34-25(2)12-15-26-8-6-5-7-9-26/h5-11,13-14,16-17,20,23,25H,12,15,18-19,21-22H2,1-4H3,(H,34,37)/t25-/m1/s1. The molecule has 0 saturated carbocycles. The zero-order valence-electron chi connectivity index (χ0n) is 23.9. The van der Waals surface area contributed by atoms with Crippen molar-refractivity contribution in [1.82, 2.24) is 15.2 Å². The first-order valence-electron chi connectivity index (χ1n) is 13.7. The van der Waals surface area contributed by atoms with Crippen LogP contribution in [0.15, 0.2) is 78.2 Å². The van der Waals surface area contributed by atoms with E-state index in [4.69, 9.17) is 14.5 Å². The third kappa shape index (κ3) is 8.66. The molecule has 1 atom stereocenters. The fourth-order valence-electron chi connectivity index (χ4n) is 4.57. The number of amides is 1. The average molecular weight is 558 g/mol. The number of carbonyl (C=O) groups is 1. The van der Waals surface area contributed by atoms with Crippen LogP contribution in [-0.4, -0.2) is 42.6 Å². The number of hydrogen-bond donors (Lipinski definition) is 1. The largest absolute Gasteiger partial charge is 0.493 e. The van der Waals surface area contributed by atoms with Crippen molar-refractivity contribution in [3.05, 3.63) is 111 Å². The fraction of sp³-hybridized carbons (Fsp3) is 0.333. The number of aryl methyl sites for hydroxylation is 2. The Balaban J connectivity index is 1.38. The van der Waals surface area contributed by atoms with Gasteiger partial charge in [-0.2, -0.15) is 0 Å². The minimum atomic E-state index is -0.113. The molecule has 4 rings (SSSR count). The molecule has 3 aromatic carbocycles. The summed E-state index contributed by atoms with van der Waals surface area (Å²) in [5.74, 6) is 1.35. The third-order valence-electron chi connectivity index (χ3n) is 6.92. The Labute approximate surface area is 242 Å². The summed E-state index contributed by atoms with van der Waals surface area (Å²) in [5.41, 5.74) is 5.44. The van der Waals surface area contributed by atoms with E-state index in [1.807, 2.05) is 42.6 Å². The number of benzene rings is 3. The molecule has 0 aliphatic rings. The maximum Gasteiger partial charge on any atom is 0.270 e. The van der Waals surface area contributed by atoms with E-state index in [1.165, 1.54) is 33.6 Å². The van der Waals surface area contributed by atoms with Crippen molar-refractivity contribution in [2.75, 3.05) is 20.8 Å². The number of carbonyl (C=O) groups excluding carboxylic acids is 1. The molecular formula is C33H39N3O3S. The summed E-state index contributed by atoms with van der Waals surface area (Å²) in [5, 5.41) is 5.91. The van der Waals surface area contributed by atoms with Gasteiger partial charge in [0.1, 0.15) is 10.7 Å². The first-order valence-corrected chi connectivity index (χ1v) is 14.6. The number of ether oxygens (including phenoxy) is 2. The van der Waals surface area contributed by atoms with Crippen molar-refractivity contribution < 1.29 is 14.3 Å². The zero-order valence-corrected chi connectivity index (χ0v) is 24.7. The monoisotopic (exact) mass is 557 g/mol. The first kappa shape index (κ1) is 29.3. The summed E-state index contributed by atoms with van der Waals surface area (Å²) in [6, 6.07) is 25.1. The quantitative estimate of drug-likeness (QED) is 0.193. The highest BCUT2D eigenvalue weighted by Crippen LogP contribution is 2.28. The van der Waals surface area contributed by atoms with Crippen molar-refractivity contribution in [1.29, 1.82) is 0 Å². The van der Waals surface area contributed by atoms with Crippen LogP contribution in [-0.2, 0) is 25.9 Å². The predicted molar refractivity (Wildman–Crippen MR) is 162 cm³/mol. The average Bonchev–Trinajstić information content (AvgIpc) is 3.45. The summed E-state index contributed by atoms with van der Waals surface area (Å²) in [4.78, 5) is 20.0. The van der Waals surface area contributed by atoms with Crippen LogP contribution < -0.4 is 14.8 Å². The summed E-state index contributed by atoms with van der Waals surface area (Å²) in [7, 11) is 3.31. The lowest BCUT2D eigenvalue weighted by Gasteiger charge is -2.22. The van der Waals surface area contributed by atoms with Gasteiger partial charge in [-0.15, -0.1) is 11.3 Å². The van der Waals surface area contributed by atoms with Crippen LogP contribution in [0.2, 0.25) is 0 Å². The maximum absolute atomic E-state index is 12.9. The van der Waals surface area contributed by atoms with E-state index >= 15 is 0 Å². The van der Waals surface area contributed by atoms with Gasteiger partial charge in [-0.3, -0.25) is 9.69 Å². The zero-order chi connectivity index (χ0) is 28.3. The van der Waals surface area contributed by atoms with Gasteiger partial charge < -0.3 is 14.8 Å². The fourth-order valence-corrected chi connectivity index (χ4v) is 5.38. The minimum absolute atomic E-state index is 0.0670. The van der Waals surface area contributed by atoms with Gasteiger partial charge in [-0.25, -0.2) is 4.98 Å². The number of aromatic nitrogens is 1. The second-order valence-corrected chi connectivity index (χ2v) is 11.1. The summed E-state index contributed by atoms with van der Waals surface area (Å²) < 4.78 is 10.9. The van der Waals surface area contributed by atoms with Gasteiger partial charge in [0.2, 0.25) is 0 Å². The molecule has 210 valence electrons. The van der Waals surface area contributed by atoms with E-state index in [2.05, 4.69) is 59.6 Å². The predicted octanol–water partition coefficient (Wildman–Crippen LogP) is 6.46. The van der Waals surface area contributed by atoms with Crippen LogP contribution in [0.25, 0.3) is 0 Å². The Morgan fingerprint density at radius 2 is 1.62 bits per heavy atom. The number of thiazole rings is 1. The number of hydrogen-bond acceptors (Lipinski definition) is 6. The second-order valence-electron chi connectivity index (χ2n) is 10.2. The molecule has 6 nitrogen and oxygen atoms in total. The van der Waals surface area contributed by atoms with Gasteiger partial charge in [0.05, 0.1) is 20.8 Å². The van der Waals surface area contributed by atoms with Crippen molar-refractivity contribution in [3.8, 4) is 11.5 Å². The number of methoxy groups -OCH3 is 2. The summed E-state index contributed by atoms with van der Waals surface area (Å²) in [6.07, 6.45) is 2.66. The molecule has 0 saturated heterocycles. The van der Waals surface area contributed by atoms with Gasteiger partial charge in [0.25, 0.3) is 5.91 Å². The number of nitrogens with zero attached hydrogens (tertiary/aromatic N) is 2. The van der Waals surface area contributed by atoms with Crippen molar-refractivity contribution >= 4 is 17.2 Å². The number of nitrogens with one attached hydrogen (secondary N) is 1. The molecule has 7 heteroatoms. The molecule has 0 bridgehead atoms. The van der Waals surface area contributed by atoms with E-state index in [-0.39, 0.29) is 11.9 Å². The SMILES string of the molecule is COc1ccc(CCN(Cc2ccc(C)cc2)Cc2nc(C(=O)N[C@H](C)CCc3ccccc3)cs2)cc1OC. The van der Waals surface area contributed by atoms with E-state index in [0.29, 0.717) is 12.2 Å². The molecule has 0 spiro atoms. The van der Waals surface area contributed by atoms with Crippen molar-refractivity contribution in [2.45, 2.75) is 52.2 Å². The normalized spacial score (nSPS) is 11.8. The molecule has 0 aliphatic carbocycles. The topological polar surface area (TPSA) is 63.7 Å². The Hall–Kier alpha value is -3.68. The highest BCUT2D eigenvalue weighted by molar-refractivity contribution is 7.09. The summed E-state index contributed by atoms with van der Waals surface area (Å²) in [6.45, 7) is 6.45. The molecule has 1 aromatic heterocycles. The molecular weight excluding hydrogens is 518 g/mol. The van der Waals surface area contributed by atoms with Gasteiger partial charge in [-0.1, -0.05) is 66.2 Å². The Morgan fingerprint density at radius 3 is 2.35 bits per heavy atom. The Kier molecular flexibility index (Phi) is 10.7.